The number of allylic oxidation sites excluding steroid dienone is 2. The Bertz CT molecular complexity index is 119. The van der Waals surface area contributed by atoms with Crippen molar-refractivity contribution < 1.29 is 26.5 Å². The summed E-state index contributed by atoms with van der Waals surface area (Å²) < 4.78 is 9.66. The first kappa shape index (κ1) is 19.8. The van der Waals surface area contributed by atoms with Gasteiger partial charge in [0.2, 0.25) is 0 Å². The zero-order valence-electron chi connectivity index (χ0n) is 9.01. The third kappa shape index (κ3) is 29.5. The van der Waals surface area contributed by atoms with Crippen molar-refractivity contribution >= 4 is 11.8 Å². The minimum absolute atomic E-state index is 0. The molecule has 88 valence electrons. The third-order valence-corrected chi connectivity index (χ3v) is 0.828. The zero-order valence-corrected chi connectivity index (χ0v) is 10.8. The Hall–Kier alpha value is 0.269. The van der Waals surface area contributed by atoms with E-state index < -0.39 is 0 Å². The largest absolute Gasteiger partial charge is 1.00 e. The van der Waals surface area contributed by atoms with Crippen LogP contribution in [0.4, 0.5) is 0 Å². The van der Waals surface area contributed by atoms with Gasteiger partial charge in [-0.15, -0.1) is 0 Å². The smallest absolute Gasteiger partial charge is 0.359 e. The van der Waals surface area contributed by atoms with Gasteiger partial charge in [0.15, 0.2) is 0 Å². The molecule has 0 fully saturated rings. The van der Waals surface area contributed by atoms with Gasteiger partial charge < -0.3 is 9.47 Å². The zero-order chi connectivity index (χ0) is 10.4. The summed E-state index contributed by atoms with van der Waals surface area (Å²) in [7, 11) is 1.60. The molecule has 0 aliphatic rings. The average Bonchev–Trinajstić information content (AvgIpc) is 2.13. The average molecular weight is 267 g/mol. The Morgan fingerprint density at radius 2 is 2.00 bits per heavy atom. The predicted octanol–water partition coefficient (Wildman–Crippen LogP) is 2.52. The third-order valence-electron chi connectivity index (χ3n) is 0.828. The van der Waals surface area contributed by atoms with E-state index >= 15 is 0 Å². The van der Waals surface area contributed by atoms with Crippen LogP contribution in [0, 0.1) is 6.08 Å². The van der Waals surface area contributed by atoms with Crippen LogP contribution in [0.15, 0.2) is 18.7 Å². The van der Waals surface area contributed by atoms with E-state index in [1.165, 1.54) is 0 Å². The van der Waals surface area contributed by atoms with Crippen molar-refractivity contribution in [3.63, 3.8) is 0 Å². The van der Waals surface area contributed by atoms with Crippen molar-refractivity contribution in [1.29, 1.82) is 0 Å². The van der Waals surface area contributed by atoms with Crippen LogP contribution in [0.3, 0.4) is 0 Å². The molecule has 0 aliphatic heterocycles. The van der Waals surface area contributed by atoms with E-state index in [4.69, 9.17) is 4.74 Å². The van der Waals surface area contributed by atoms with Crippen molar-refractivity contribution in [3.8, 4) is 0 Å². The fraction of sp³-hybridized carbons (Fsp3) is 0.600. The maximum absolute atomic E-state index is 4.99. The molecule has 0 bridgehead atoms. The second-order valence-electron chi connectivity index (χ2n) is 2.08. The summed E-state index contributed by atoms with van der Waals surface area (Å²) >= 11 is 1.75. The molecule has 0 spiro atoms. The van der Waals surface area contributed by atoms with Gasteiger partial charge in [0, 0.05) is 13.7 Å². The van der Waals surface area contributed by atoms with Crippen molar-refractivity contribution in [2.75, 3.05) is 33.0 Å². The summed E-state index contributed by atoms with van der Waals surface area (Å²) in [5.41, 5.74) is 0. The standard InChI is InChI=1S/C8H13O2.C2H6S.Cu/c1-3-4-5-6-7-10-8-9-2;1-3-2;/h3-4H,1,6-8H2,2H3;1-2H3;/q-1;;+1. The molecule has 0 unspecified atom stereocenters. The van der Waals surface area contributed by atoms with Crippen LogP contribution in [-0.4, -0.2) is 33.0 Å². The van der Waals surface area contributed by atoms with E-state index in [1.807, 2.05) is 12.5 Å². The SMILES string of the molecule is C=CC=[C-]CCOCOC.CSC.[Cu+]. The first-order valence-electron chi connectivity index (χ1n) is 3.97. The van der Waals surface area contributed by atoms with Crippen LogP contribution in [-0.2, 0) is 26.5 Å². The number of thioether (sulfide) groups is 1. The molecule has 0 rings (SSSR count). The summed E-state index contributed by atoms with van der Waals surface area (Å²) in [6, 6.07) is 0. The maximum Gasteiger partial charge on any atom is 1.00 e. The number of methoxy groups -OCH3 is 1. The number of rotatable bonds is 6. The van der Waals surface area contributed by atoms with Crippen LogP contribution in [0.1, 0.15) is 6.42 Å². The normalized spacial score (nSPS) is 8.79. The fourth-order valence-corrected chi connectivity index (χ4v) is 0.440. The topological polar surface area (TPSA) is 18.5 Å². The van der Waals surface area contributed by atoms with Gasteiger partial charge in [-0.3, -0.25) is 6.08 Å². The van der Waals surface area contributed by atoms with Crippen LogP contribution in [0.25, 0.3) is 0 Å². The second-order valence-corrected chi connectivity index (χ2v) is 2.90. The molecular formula is C10H19CuO2S. The molecule has 0 amide bonds. The van der Waals surface area contributed by atoms with Gasteiger partial charge in [0.05, 0.1) is 0 Å². The molecule has 4 heteroatoms. The molecule has 14 heavy (non-hydrogen) atoms. The summed E-state index contributed by atoms with van der Waals surface area (Å²) in [5, 5.41) is 0. The molecule has 0 saturated carbocycles. The van der Waals surface area contributed by atoms with Crippen molar-refractivity contribution in [3.05, 3.63) is 24.8 Å². The Balaban J connectivity index is -0.000000267. The van der Waals surface area contributed by atoms with E-state index in [0.29, 0.717) is 13.4 Å². The van der Waals surface area contributed by atoms with Gasteiger partial charge in [0.1, 0.15) is 6.79 Å². The Morgan fingerprint density at radius 1 is 1.43 bits per heavy atom. The van der Waals surface area contributed by atoms with E-state index in [1.54, 1.807) is 31.0 Å². The molecular weight excluding hydrogens is 248 g/mol. The van der Waals surface area contributed by atoms with Gasteiger partial charge in [-0.05, 0) is 12.5 Å². The minimum atomic E-state index is 0. The Kier molecular flexibility index (Phi) is 32.9. The van der Waals surface area contributed by atoms with Crippen LogP contribution in [0.2, 0.25) is 0 Å². The fourth-order valence-electron chi connectivity index (χ4n) is 0.440. The van der Waals surface area contributed by atoms with E-state index in [0.717, 1.165) is 6.42 Å². The first-order valence-corrected chi connectivity index (χ1v) is 5.61. The van der Waals surface area contributed by atoms with Crippen LogP contribution >= 0.6 is 11.8 Å². The maximum atomic E-state index is 4.99. The summed E-state index contributed by atoms with van der Waals surface area (Å²) in [4.78, 5) is 0. The second kappa shape index (κ2) is 23.2. The molecule has 0 aromatic heterocycles. The molecule has 0 N–H and O–H groups in total. The summed E-state index contributed by atoms with van der Waals surface area (Å²) in [6.45, 7) is 4.52. The Morgan fingerprint density at radius 3 is 2.43 bits per heavy atom. The molecule has 0 aromatic carbocycles. The molecule has 0 heterocycles. The van der Waals surface area contributed by atoms with E-state index in [9.17, 15) is 0 Å². The van der Waals surface area contributed by atoms with Crippen molar-refractivity contribution in [2.45, 2.75) is 6.42 Å². The monoisotopic (exact) mass is 266 g/mol. The van der Waals surface area contributed by atoms with Gasteiger partial charge in [-0.1, -0.05) is 6.42 Å². The Labute approximate surface area is 103 Å². The minimum Gasteiger partial charge on any atom is -0.359 e. The molecule has 0 aromatic rings. The quantitative estimate of drug-likeness (QED) is 0.242. The molecule has 0 saturated heterocycles. The van der Waals surface area contributed by atoms with Crippen LogP contribution in [0.5, 0.6) is 0 Å². The van der Waals surface area contributed by atoms with Crippen LogP contribution < -0.4 is 0 Å². The molecule has 0 radical (unpaired) electrons. The van der Waals surface area contributed by atoms with Gasteiger partial charge >= 0.3 is 17.1 Å². The van der Waals surface area contributed by atoms with Gasteiger partial charge in [-0.25, -0.2) is 12.2 Å². The van der Waals surface area contributed by atoms with Gasteiger partial charge in [0.25, 0.3) is 0 Å². The van der Waals surface area contributed by atoms with E-state index in [2.05, 4.69) is 17.4 Å². The number of hydrogen-bond acceptors (Lipinski definition) is 3. The molecule has 2 nitrogen and oxygen atoms in total. The van der Waals surface area contributed by atoms with Gasteiger partial charge in [-0.2, -0.15) is 18.3 Å². The summed E-state index contributed by atoms with van der Waals surface area (Å²) in [6.07, 6.45) is 11.3. The number of hydrogen-bond donors (Lipinski definition) is 0. The molecule has 0 aliphatic carbocycles. The molecule has 0 atom stereocenters. The number of ether oxygens (including phenoxy) is 2. The first-order chi connectivity index (χ1) is 6.33. The summed E-state index contributed by atoms with van der Waals surface area (Å²) in [5.74, 6) is 0. The van der Waals surface area contributed by atoms with Crippen molar-refractivity contribution in [2.24, 2.45) is 0 Å². The van der Waals surface area contributed by atoms with E-state index in [-0.39, 0.29) is 17.1 Å². The predicted molar refractivity (Wildman–Crippen MR) is 59.9 cm³/mol. The van der Waals surface area contributed by atoms with Crippen molar-refractivity contribution in [1.82, 2.24) is 0 Å².